The van der Waals surface area contributed by atoms with Crippen LogP contribution in [0.4, 0.5) is 4.79 Å². The minimum atomic E-state index is -0.362. The third-order valence-electron chi connectivity index (χ3n) is 4.71. The molecule has 1 heterocycles. The summed E-state index contributed by atoms with van der Waals surface area (Å²) < 4.78 is 9.73. The maximum Gasteiger partial charge on any atom is 0.337 e. The maximum absolute atomic E-state index is 12.1. The summed E-state index contributed by atoms with van der Waals surface area (Å²) in [5.41, 5.74) is 1.11. The molecule has 154 valence electrons. The molecule has 2 N–H and O–H groups in total. The van der Waals surface area contributed by atoms with Gasteiger partial charge in [-0.25, -0.2) is 9.59 Å². The first-order valence-electron chi connectivity index (χ1n) is 10.0. The number of nitrogens with one attached hydrogen (secondary N) is 2. The van der Waals surface area contributed by atoms with Crippen molar-refractivity contribution in [2.75, 3.05) is 13.7 Å². The monoisotopic (exact) mass is 382 g/mol. The van der Waals surface area contributed by atoms with E-state index in [9.17, 15) is 14.4 Å². The highest BCUT2D eigenvalue weighted by molar-refractivity contribution is 5.94. The van der Waals surface area contributed by atoms with Crippen molar-refractivity contribution in [1.29, 1.82) is 0 Å². The third-order valence-corrected chi connectivity index (χ3v) is 4.71. The lowest BCUT2D eigenvalue weighted by molar-refractivity contribution is -0.141. The van der Waals surface area contributed by atoms with Crippen LogP contribution in [0.1, 0.15) is 78.1 Å². The zero-order valence-electron chi connectivity index (χ0n) is 16.9. The van der Waals surface area contributed by atoms with Gasteiger partial charge in [0.15, 0.2) is 0 Å². The fourth-order valence-corrected chi connectivity index (χ4v) is 3.27. The number of hydrogen-bond acceptors (Lipinski definition) is 5. The third kappa shape index (κ3) is 8.93. The van der Waals surface area contributed by atoms with Crippen molar-refractivity contribution in [2.45, 2.75) is 84.1 Å². The van der Waals surface area contributed by atoms with Crippen molar-refractivity contribution in [3.63, 3.8) is 0 Å². The second kappa shape index (κ2) is 13.2. The normalized spacial score (nSPS) is 16.6. The Morgan fingerprint density at radius 2 is 1.59 bits per heavy atom. The molecular weight excluding hydrogens is 348 g/mol. The number of methoxy groups -OCH3 is 1. The molecule has 0 aromatic carbocycles. The number of rotatable bonds is 13. The first-order valence-corrected chi connectivity index (χ1v) is 10.0. The van der Waals surface area contributed by atoms with Crippen LogP contribution in [-0.2, 0) is 19.1 Å². The van der Waals surface area contributed by atoms with Gasteiger partial charge < -0.3 is 20.1 Å². The number of carbonyl (C=O) groups excluding carboxylic acids is 3. The number of carbonyl (C=O) groups is 3. The quantitative estimate of drug-likeness (QED) is 0.375. The molecule has 1 unspecified atom stereocenters. The van der Waals surface area contributed by atoms with Crippen LogP contribution in [0.15, 0.2) is 11.3 Å². The first-order chi connectivity index (χ1) is 13.0. The molecule has 0 aromatic heterocycles. The Morgan fingerprint density at radius 1 is 1.00 bits per heavy atom. The second-order valence-corrected chi connectivity index (χ2v) is 6.85. The van der Waals surface area contributed by atoms with Gasteiger partial charge in [0.25, 0.3) is 0 Å². The Balaban J connectivity index is 2.20. The van der Waals surface area contributed by atoms with E-state index in [0.29, 0.717) is 24.3 Å². The van der Waals surface area contributed by atoms with E-state index in [1.165, 1.54) is 13.5 Å². The summed E-state index contributed by atoms with van der Waals surface area (Å²) in [6.45, 7) is 3.82. The van der Waals surface area contributed by atoms with Gasteiger partial charge in [0.1, 0.15) is 0 Å². The number of allylic oxidation sites excluding steroid dienone is 1. The molecule has 1 aliphatic heterocycles. The van der Waals surface area contributed by atoms with Crippen LogP contribution < -0.4 is 10.6 Å². The van der Waals surface area contributed by atoms with Gasteiger partial charge in [-0.1, -0.05) is 44.9 Å². The van der Waals surface area contributed by atoms with Crippen LogP contribution in [-0.4, -0.2) is 37.7 Å². The molecule has 0 saturated heterocycles. The topological polar surface area (TPSA) is 93.7 Å². The fraction of sp³-hybridized carbons (Fsp3) is 0.750. The standard InChI is InChI=1S/C20H34N2O5/c1-4-27-19(24)18-15(2)21-20(25)22-16(18)13-11-9-7-5-6-8-10-12-14-17(23)26-3/h16H,4-14H2,1-3H3,(H2,21,22,25). The van der Waals surface area contributed by atoms with Gasteiger partial charge >= 0.3 is 18.0 Å². The number of amides is 2. The number of esters is 2. The molecule has 0 spiro atoms. The Hall–Kier alpha value is -2.05. The molecule has 27 heavy (non-hydrogen) atoms. The van der Waals surface area contributed by atoms with Gasteiger partial charge in [0.05, 0.1) is 25.3 Å². The average molecular weight is 383 g/mol. The number of unbranched alkanes of at least 4 members (excludes halogenated alkanes) is 7. The summed E-state index contributed by atoms with van der Waals surface area (Å²) in [6, 6.07) is -0.548. The number of ether oxygens (including phenoxy) is 2. The summed E-state index contributed by atoms with van der Waals surface area (Å²) >= 11 is 0. The molecule has 0 aromatic rings. The van der Waals surface area contributed by atoms with E-state index in [4.69, 9.17) is 4.74 Å². The van der Waals surface area contributed by atoms with Crippen molar-refractivity contribution in [1.82, 2.24) is 10.6 Å². The number of hydrogen-bond donors (Lipinski definition) is 2. The predicted octanol–water partition coefficient (Wildman–Crippen LogP) is 3.58. The molecule has 0 fully saturated rings. The van der Waals surface area contributed by atoms with Crippen LogP contribution >= 0.6 is 0 Å². The van der Waals surface area contributed by atoms with Crippen LogP contribution in [0.5, 0.6) is 0 Å². The maximum atomic E-state index is 12.1. The fourth-order valence-electron chi connectivity index (χ4n) is 3.27. The lowest BCUT2D eigenvalue weighted by Crippen LogP contribution is -2.49. The summed E-state index contributed by atoms with van der Waals surface area (Å²) in [6.07, 6.45) is 9.80. The van der Waals surface area contributed by atoms with Gasteiger partial charge in [0.2, 0.25) is 0 Å². The lowest BCUT2D eigenvalue weighted by Gasteiger charge is -2.27. The van der Waals surface area contributed by atoms with Crippen LogP contribution in [0.3, 0.4) is 0 Å². The molecule has 0 saturated carbocycles. The van der Waals surface area contributed by atoms with E-state index in [1.807, 2.05) is 0 Å². The summed E-state index contributed by atoms with van der Waals surface area (Å²) in [5, 5.41) is 5.47. The van der Waals surface area contributed by atoms with Crippen LogP contribution in [0, 0.1) is 0 Å². The minimum absolute atomic E-state index is 0.133. The van der Waals surface area contributed by atoms with Crippen molar-refractivity contribution < 1.29 is 23.9 Å². The second-order valence-electron chi connectivity index (χ2n) is 6.85. The van der Waals surface area contributed by atoms with Crippen molar-refractivity contribution in [3.8, 4) is 0 Å². The molecule has 7 nitrogen and oxygen atoms in total. The van der Waals surface area contributed by atoms with Crippen molar-refractivity contribution in [3.05, 3.63) is 11.3 Å². The molecule has 0 aliphatic carbocycles. The lowest BCUT2D eigenvalue weighted by atomic mass is 9.96. The molecule has 1 atom stereocenters. The Bertz CT molecular complexity index is 530. The summed E-state index contributed by atoms with van der Waals surface area (Å²) in [5.74, 6) is -0.495. The predicted molar refractivity (Wildman–Crippen MR) is 103 cm³/mol. The van der Waals surface area contributed by atoms with Gasteiger partial charge in [-0.3, -0.25) is 4.79 Å². The molecule has 1 rings (SSSR count). The van der Waals surface area contributed by atoms with Crippen LogP contribution in [0.25, 0.3) is 0 Å². The van der Waals surface area contributed by atoms with Gasteiger partial charge in [-0.15, -0.1) is 0 Å². The molecule has 7 heteroatoms. The molecule has 2 amide bonds. The van der Waals surface area contributed by atoms with E-state index < -0.39 is 0 Å². The van der Waals surface area contributed by atoms with Gasteiger partial charge in [-0.05, 0) is 26.7 Å². The number of urea groups is 1. The highest BCUT2D eigenvalue weighted by Gasteiger charge is 2.30. The molecular formula is C20H34N2O5. The Kier molecular flexibility index (Phi) is 11.2. The van der Waals surface area contributed by atoms with Gasteiger partial charge in [0, 0.05) is 12.1 Å². The van der Waals surface area contributed by atoms with E-state index in [0.717, 1.165) is 51.4 Å². The Morgan fingerprint density at radius 3 is 2.19 bits per heavy atom. The minimum Gasteiger partial charge on any atom is -0.469 e. The largest absolute Gasteiger partial charge is 0.469 e. The summed E-state index contributed by atoms with van der Waals surface area (Å²) in [7, 11) is 1.42. The SMILES string of the molecule is CCOC(=O)C1=C(C)NC(=O)NC1CCCCCCCCCCC(=O)OC. The zero-order valence-corrected chi connectivity index (χ0v) is 16.9. The Labute approximate surface area is 162 Å². The average Bonchev–Trinajstić information content (AvgIpc) is 2.62. The van der Waals surface area contributed by atoms with Gasteiger partial charge in [-0.2, -0.15) is 0 Å². The molecule has 1 aliphatic rings. The zero-order chi connectivity index (χ0) is 20.1. The highest BCUT2D eigenvalue weighted by Crippen LogP contribution is 2.20. The summed E-state index contributed by atoms with van der Waals surface area (Å²) in [4.78, 5) is 34.8. The smallest absolute Gasteiger partial charge is 0.337 e. The molecule has 0 radical (unpaired) electrons. The van der Waals surface area contributed by atoms with Crippen molar-refractivity contribution >= 4 is 18.0 Å². The highest BCUT2D eigenvalue weighted by atomic mass is 16.5. The van der Waals surface area contributed by atoms with E-state index >= 15 is 0 Å². The molecule has 0 bridgehead atoms. The first kappa shape index (κ1) is 23.0. The van der Waals surface area contributed by atoms with E-state index in [1.54, 1.807) is 13.8 Å². The van der Waals surface area contributed by atoms with Crippen LogP contribution in [0.2, 0.25) is 0 Å². The van der Waals surface area contributed by atoms with E-state index in [-0.39, 0.29) is 24.0 Å². The van der Waals surface area contributed by atoms with Crippen molar-refractivity contribution in [2.24, 2.45) is 0 Å². The van der Waals surface area contributed by atoms with E-state index in [2.05, 4.69) is 15.4 Å².